The molecule has 0 fully saturated rings. The van der Waals surface area contributed by atoms with Gasteiger partial charge in [0, 0.05) is 6.54 Å². The van der Waals surface area contributed by atoms with Crippen molar-refractivity contribution in [2.45, 2.75) is 12.6 Å². The van der Waals surface area contributed by atoms with E-state index in [0.717, 1.165) is 19.5 Å². The number of nitrogens with two attached hydrogens (primary N) is 2. The van der Waals surface area contributed by atoms with Crippen molar-refractivity contribution in [3.63, 3.8) is 0 Å². The van der Waals surface area contributed by atoms with Crippen molar-refractivity contribution < 1.29 is 0 Å². The Morgan fingerprint density at radius 2 is 2.22 bits per heavy atom. The molecular formula is C6H15N3. The number of hydrogen-bond acceptors (Lipinski definition) is 3. The number of rotatable bonds is 5. The monoisotopic (exact) mass is 129 g/mol. The van der Waals surface area contributed by atoms with Gasteiger partial charge < -0.3 is 16.8 Å². The van der Waals surface area contributed by atoms with Crippen molar-refractivity contribution in [3.8, 4) is 0 Å². The summed E-state index contributed by atoms with van der Waals surface area (Å²) >= 11 is 0. The molecule has 0 unspecified atom stereocenters. The van der Waals surface area contributed by atoms with Gasteiger partial charge in [0.25, 0.3) is 0 Å². The maximum Gasteiger partial charge on any atom is 0.0533 e. The van der Waals surface area contributed by atoms with Crippen LogP contribution in [-0.2, 0) is 0 Å². The predicted octanol–water partition coefficient (Wildman–Crippen LogP) is -0.604. The van der Waals surface area contributed by atoms with Gasteiger partial charge >= 0.3 is 0 Å². The minimum Gasteiger partial charge on any atom is -0.316 e. The van der Waals surface area contributed by atoms with Crippen LogP contribution in [-0.4, -0.2) is 19.3 Å². The van der Waals surface area contributed by atoms with Crippen LogP contribution in [0.5, 0.6) is 0 Å². The Balaban J connectivity index is 2.82. The second-order valence-corrected chi connectivity index (χ2v) is 1.95. The average molecular weight is 129 g/mol. The standard InChI is InChI=1S/C6H15N3/c1-2-4-9-5-3-6(7)8/h2,6,9H,1,3-5,7-8H2. The highest BCUT2D eigenvalue weighted by atomic mass is 14.9. The predicted molar refractivity (Wildman–Crippen MR) is 39.8 cm³/mol. The summed E-state index contributed by atoms with van der Waals surface area (Å²) in [5.41, 5.74) is 10.6. The lowest BCUT2D eigenvalue weighted by Gasteiger charge is -2.03. The molecule has 0 aromatic heterocycles. The Labute approximate surface area is 56.1 Å². The first-order chi connectivity index (χ1) is 4.27. The lowest BCUT2D eigenvalue weighted by Crippen LogP contribution is -2.34. The van der Waals surface area contributed by atoms with E-state index >= 15 is 0 Å². The van der Waals surface area contributed by atoms with Crippen molar-refractivity contribution in [2.75, 3.05) is 13.1 Å². The highest BCUT2D eigenvalue weighted by Crippen LogP contribution is 1.74. The topological polar surface area (TPSA) is 64.1 Å². The molecule has 3 heteroatoms. The third-order valence-corrected chi connectivity index (χ3v) is 0.943. The van der Waals surface area contributed by atoms with Crippen molar-refractivity contribution in [1.82, 2.24) is 5.32 Å². The zero-order valence-electron chi connectivity index (χ0n) is 5.64. The van der Waals surface area contributed by atoms with Gasteiger partial charge in [0.2, 0.25) is 0 Å². The van der Waals surface area contributed by atoms with Crippen LogP contribution in [0.3, 0.4) is 0 Å². The van der Waals surface area contributed by atoms with Crippen LogP contribution in [0.4, 0.5) is 0 Å². The first-order valence-electron chi connectivity index (χ1n) is 3.10. The Kier molecular flexibility index (Phi) is 5.51. The molecule has 5 N–H and O–H groups in total. The molecule has 0 bridgehead atoms. The van der Waals surface area contributed by atoms with E-state index < -0.39 is 0 Å². The van der Waals surface area contributed by atoms with Crippen LogP contribution in [0, 0.1) is 0 Å². The van der Waals surface area contributed by atoms with Crippen LogP contribution in [0.1, 0.15) is 6.42 Å². The van der Waals surface area contributed by atoms with E-state index in [1.54, 1.807) is 0 Å². The molecule has 0 radical (unpaired) electrons. The van der Waals surface area contributed by atoms with Gasteiger partial charge in [-0.1, -0.05) is 6.08 Å². The van der Waals surface area contributed by atoms with Gasteiger partial charge in [-0.25, -0.2) is 0 Å². The van der Waals surface area contributed by atoms with Gasteiger partial charge in [-0.05, 0) is 13.0 Å². The van der Waals surface area contributed by atoms with E-state index in [4.69, 9.17) is 11.5 Å². The summed E-state index contributed by atoms with van der Waals surface area (Å²) in [6, 6.07) is 0. The zero-order chi connectivity index (χ0) is 7.11. The molecule has 0 saturated carbocycles. The van der Waals surface area contributed by atoms with E-state index in [1.165, 1.54) is 0 Å². The first kappa shape index (κ1) is 8.62. The van der Waals surface area contributed by atoms with Crippen molar-refractivity contribution in [2.24, 2.45) is 11.5 Å². The molecule has 0 amide bonds. The lowest BCUT2D eigenvalue weighted by atomic mass is 10.3. The molecule has 0 heterocycles. The highest BCUT2D eigenvalue weighted by molar-refractivity contribution is 4.69. The molecule has 0 spiro atoms. The van der Waals surface area contributed by atoms with E-state index in [9.17, 15) is 0 Å². The molecule has 0 saturated heterocycles. The Bertz CT molecular complexity index is 70.7. The van der Waals surface area contributed by atoms with Crippen LogP contribution in [0.25, 0.3) is 0 Å². The Morgan fingerprint density at radius 3 is 2.67 bits per heavy atom. The average Bonchev–Trinajstić information content (AvgIpc) is 1.80. The quantitative estimate of drug-likeness (QED) is 0.264. The van der Waals surface area contributed by atoms with Crippen LogP contribution in [0.15, 0.2) is 12.7 Å². The van der Waals surface area contributed by atoms with Crippen LogP contribution >= 0.6 is 0 Å². The molecule has 54 valence electrons. The second-order valence-electron chi connectivity index (χ2n) is 1.95. The molecule has 0 aromatic rings. The summed E-state index contributed by atoms with van der Waals surface area (Å²) < 4.78 is 0. The van der Waals surface area contributed by atoms with E-state index in [1.807, 2.05) is 6.08 Å². The third-order valence-electron chi connectivity index (χ3n) is 0.943. The molecule has 0 rings (SSSR count). The number of hydrogen-bond donors (Lipinski definition) is 3. The van der Waals surface area contributed by atoms with Gasteiger partial charge in [0.15, 0.2) is 0 Å². The largest absolute Gasteiger partial charge is 0.316 e. The fourth-order valence-electron chi connectivity index (χ4n) is 0.473. The maximum absolute atomic E-state index is 5.29. The molecule has 0 aromatic carbocycles. The molecule has 0 aliphatic heterocycles. The summed E-state index contributed by atoms with van der Waals surface area (Å²) in [6.07, 6.45) is 2.43. The van der Waals surface area contributed by atoms with Crippen molar-refractivity contribution in [3.05, 3.63) is 12.7 Å². The molecule has 3 nitrogen and oxygen atoms in total. The fourth-order valence-corrected chi connectivity index (χ4v) is 0.473. The van der Waals surface area contributed by atoms with Gasteiger partial charge in [-0.15, -0.1) is 6.58 Å². The molecular weight excluding hydrogens is 114 g/mol. The normalized spacial score (nSPS) is 10.1. The fraction of sp³-hybridized carbons (Fsp3) is 0.667. The molecule has 9 heavy (non-hydrogen) atoms. The highest BCUT2D eigenvalue weighted by Gasteiger charge is 1.90. The van der Waals surface area contributed by atoms with Gasteiger partial charge in [-0.2, -0.15) is 0 Å². The zero-order valence-corrected chi connectivity index (χ0v) is 5.64. The number of nitrogens with one attached hydrogen (secondary N) is 1. The van der Waals surface area contributed by atoms with Crippen LogP contribution < -0.4 is 16.8 Å². The summed E-state index contributed by atoms with van der Waals surface area (Å²) in [7, 11) is 0. The third kappa shape index (κ3) is 7.62. The van der Waals surface area contributed by atoms with Gasteiger partial charge in [-0.3, -0.25) is 0 Å². The van der Waals surface area contributed by atoms with Crippen molar-refractivity contribution >= 4 is 0 Å². The molecule has 0 aliphatic rings. The summed E-state index contributed by atoms with van der Waals surface area (Å²) in [4.78, 5) is 0. The van der Waals surface area contributed by atoms with Gasteiger partial charge in [0.05, 0.1) is 6.17 Å². The van der Waals surface area contributed by atoms with Gasteiger partial charge in [0.1, 0.15) is 0 Å². The molecule has 0 aliphatic carbocycles. The second kappa shape index (κ2) is 5.75. The summed E-state index contributed by atoms with van der Waals surface area (Å²) in [5, 5.41) is 3.09. The SMILES string of the molecule is C=CCNCCC(N)N. The van der Waals surface area contributed by atoms with E-state index in [-0.39, 0.29) is 6.17 Å². The molecule has 0 atom stereocenters. The lowest BCUT2D eigenvalue weighted by molar-refractivity contribution is 0.594. The Morgan fingerprint density at radius 1 is 1.56 bits per heavy atom. The minimum absolute atomic E-state index is 0.192. The first-order valence-corrected chi connectivity index (χ1v) is 3.10. The summed E-state index contributed by atoms with van der Waals surface area (Å²) in [5.74, 6) is 0. The minimum atomic E-state index is -0.192. The smallest absolute Gasteiger partial charge is 0.0533 e. The van der Waals surface area contributed by atoms with E-state index in [0.29, 0.717) is 0 Å². The van der Waals surface area contributed by atoms with Crippen molar-refractivity contribution in [1.29, 1.82) is 0 Å². The Hall–Kier alpha value is -0.380. The van der Waals surface area contributed by atoms with Crippen LogP contribution in [0.2, 0.25) is 0 Å². The maximum atomic E-state index is 5.29. The summed E-state index contributed by atoms with van der Waals surface area (Å²) in [6.45, 7) is 5.24. The van der Waals surface area contributed by atoms with E-state index in [2.05, 4.69) is 11.9 Å².